The number of nitrogens with zero attached hydrogens (tertiary/aromatic N) is 2. The number of benzene rings is 2. The molecule has 5 nitrogen and oxygen atoms in total. The summed E-state index contributed by atoms with van der Waals surface area (Å²) < 4.78 is 17.0. The van der Waals surface area contributed by atoms with E-state index in [1.165, 1.54) is 11.3 Å². The van der Waals surface area contributed by atoms with Gasteiger partial charge in [-0.25, -0.2) is 9.98 Å². The number of rotatable bonds is 5. The van der Waals surface area contributed by atoms with E-state index < -0.39 is 0 Å². The predicted octanol–water partition coefficient (Wildman–Crippen LogP) is 5.29. The summed E-state index contributed by atoms with van der Waals surface area (Å²) in [7, 11) is 3.32. The van der Waals surface area contributed by atoms with E-state index in [1.807, 2.05) is 35.7 Å². The van der Waals surface area contributed by atoms with Crippen molar-refractivity contribution in [1.82, 2.24) is 4.98 Å². The Hall–Kier alpha value is -2.86. The first kappa shape index (κ1) is 18.5. The van der Waals surface area contributed by atoms with Gasteiger partial charge in [0.15, 0.2) is 11.5 Å². The highest BCUT2D eigenvalue weighted by Gasteiger charge is 2.33. The zero-order valence-corrected chi connectivity index (χ0v) is 17.2. The highest BCUT2D eigenvalue weighted by molar-refractivity contribution is 7.13. The molecular weight excluding hydrogens is 372 g/mol. The summed E-state index contributed by atoms with van der Waals surface area (Å²) in [5, 5.41) is 2.70. The third kappa shape index (κ3) is 3.60. The lowest BCUT2D eigenvalue weighted by molar-refractivity contribution is 0.134. The lowest BCUT2D eigenvalue weighted by Crippen LogP contribution is -2.24. The van der Waals surface area contributed by atoms with E-state index in [0.717, 1.165) is 46.1 Å². The Balaban J connectivity index is 1.63. The van der Waals surface area contributed by atoms with Crippen molar-refractivity contribution >= 4 is 22.7 Å². The number of ether oxygens (including phenoxy) is 3. The van der Waals surface area contributed by atoms with Crippen LogP contribution in [0.3, 0.4) is 0 Å². The van der Waals surface area contributed by atoms with Crippen LogP contribution in [0, 0.1) is 0 Å². The van der Waals surface area contributed by atoms with Crippen LogP contribution in [0.25, 0.3) is 11.3 Å². The van der Waals surface area contributed by atoms with Gasteiger partial charge in [-0.3, -0.25) is 0 Å². The Bertz CT molecular complexity index is 1040. The molecule has 4 rings (SSSR count). The van der Waals surface area contributed by atoms with Crippen molar-refractivity contribution in [2.24, 2.45) is 4.99 Å². The molecule has 0 bridgehead atoms. The number of thiazole rings is 1. The maximum atomic E-state index is 6.04. The summed E-state index contributed by atoms with van der Waals surface area (Å²) in [6, 6.07) is 11.9. The van der Waals surface area contributed by atoms with Crippen LogP contribution in [0.15, 0.2) is 46.8 Å². The van der Waals surface area contributed by atoms with Gasteiger partial charge in [0, 0.05) is 34.7 Å². The average molecular weight is 394 g/mol. The second kappa shape index (κ2) is 7.28. The Morgan fingerprint density at radius 1 is 1.14 bits per heavy atom. The lowest BCUT2D eigenvalue weighted by Gasteiger charge is -2.17. The van der Waals surface area contributed by atoms with Crippen molar-refractivity contribution in [3.63, 3.8) is 0 Å². The Kier molecular flexibility index (Phi) is 4.81. The van der Waals surface area contributed by atoms with Gasteiger partial charge in [0.05, 0.1) is 19.9 Å². The number of para-hydroxylation sites is 1. The lowest BCUT2D eigenvalue weighted by atomic mass is 9.99. The maximum Gasteiger partial charge on any atom is 0.209 e. The smallest absolute Gasteiger partial charge is 0.209 e. The summed E-state index contributed by atoms with van der Waals surface area (Å²) >= 11 is 1.50. The van der Waals surface area contributed by atoms with Crippen LogP contribution in [0.5, 0.6) is 17.2 Å². The standard InChI is InChI=1S/C22H22N2O3S/c1-22(2)11-16-9-15(10-19(26-4)20(16)27-22)17-13-28-21(24-17)23-12-14-7-5-6-8-18(14)25-3/h5-10,12-13H,11H2,1-4H3/b23-12+. The number of hydrogen-bond donors (Lipinski definition) is 0. The van der Waals surface area contributed by atoms with Gasteiger partial charge in [-0.15, -0.1) is 11.3 Å². The quantitative estimate of drug-likeness (QED) is 0.552. The van der Waals surface area contributed by atoms with E-state index in [0.29, 0.717) is 5.13 Å². The van der Waals surface area contributed by atoms with Crippen LogP contribution in [0.2, 0.25) is 0 Å². The van der Waals surface area contributed by atoms with Crippen molar-refractivity contribution in [2.75, 3.05) is 14.2 Å². The SMILES string of the molecule is COc1ccccc1/C=N/c1nc(-c2cc3c(c(OC)c2)OC(C)(C)C3)cs1. The molecule has 0 saturated carbocycles. The highest BCUT2D eigenvalue weighted by atomic mass is 32.1. The molecule has 0 saturated heterocycles. The Morgan fingerprint density at radius 3 is 2.71 bits per heavy atom. The molecule has 0 radical (unpaired) electrons. The molecule has 144 valence electrons. The summed E-state index contributed by atoms with van der Waals surface area (Å²) in [5.41, 5.74) is 3.72. The number of aliphatic imine (C=N–C) groups is 1. The second-order valence-corrected chi connectivity index (χ2v) is 8.06. The number of fused-ring (bicyclic) bond motifs is 1. The first-order chi connectivity index (χ1) is 13.5. The minimum absolute atomic E-state index is 0.222. The third-order valence-corrected chi connectivity index (χ3v) is 5.34. The summed E-state index contributed by atoms with van der Waals surface area (Å²) in [4.78, 5) is 9.19. The normalized spacial score (nSPS) is 14.7. The molecule has 0 N–H and O–H groups in total. The van der Waals surface area contributed by atoms with Crippen molar-refractivity contribution in [3.8, 4) is 28.5 Å². The molecule has 1 aliphatic heterocycles. The van der Waals surface area contributed by atoms with Crippen molar-refractivity contribution in [3.05, 3.63) is 52.9 Å². The average Bonchev–Trinajstić information content (AvgIpc) is 3.28. The number of aromatic nitrogens is 1. The molecular formula is C22H22N2O3S. The van der Waals surface area contributed by atoms with E-state index >= 15 is 0 Å². The first-order valence-electron chi connectivity index (χ1n) is 9.02. The molecule has 28 heavy (non-hydrogen) atoms. The van der Waals surface area contributed by atoms with Gasteiger partial charge in [-0.05, 0) is 38.1 Å². The monoisotopic (exact) mass is 394 g/mol. The fraction of sp³-hybridized carbons (Fsp3) is 0.273. The van der Waals surface area contributed by atoms with Crippen LogP contribution in [0.4, 0.5) is 5.13 Å². The van der Waals surface area contributed by atoms with Crippen LogP contribution in [-0.2, 0) is 6.42 Å². The van der Waals surface area contributed by atoms with Gasteiger partial charge in [0.2, 0.25) is 5.13 Å². The van der Waals surface area contributed by atoms with Gasteiger partial charge in [0.1, 0.15) is 11.4 Å². The molecule has 0 atom stereocenters. The minimum Gasteiger partial charge on any atom is -0.496 e. The topological polar surface area (TPSA) is 52.9 Å². The van der Waals surface area contributed by atoms with E-state index in [-0.39, 0.29) is 5.60 Å². The van der Waals surface area contributed by atoms with Gasteiger partial charge >= 0.3 is 0 Å². The number of hydrogen-bond acceptors (Lipinski definition) is 6. The van der Waals surface area contributed by atoms with E-state index in [9.17, 15) is 0 Å². The minimum atomic E-state index is -0.222. The van der Waals surface area contributed by atoms with E-state index in [1.54, 1.807) is 20.4 Å². The molecule has 0 amide bonds. The fourth-order valence-corrected chi connectivity index (χ4v) is 4.00. The van der Waals surface area contributed by atoms with Gasteiger partial charge in [0.25, 0.3) is 0 Å². The first-order valence-corrected chi connectivity index (χ1v) is 9.90. The third-order valence-electron chi connectivity index (χ3n) is 4.59. The predicted molar refractivity (Wildman–Crippen MR) is 113 cm³/mol. The summed E-state index contributed by atoms with van der Waals surface area (Å²) in [5.74, 6) is 2.36. The maximum absolute atomic E-state index is 6.04. The summed E-state index contributed by atoms with van der Waals surface area (Å²) in [6.45, 7) is 4.17. The molecule has 3 aromatic rings. The van der Waals surface area contributed by atoms with E-state index in [4.69, 9.17) is 14.2 Å². The van der Waals surface area contributed by atoms with Gasteiger partial charge in [-0.1, -0.05) is 12.1 Å². The zero-order valence-electron chi connectivity index (χ0n) is 16.4. The number of methoxy groups -OCH3 is 2. The largest absolute Gasteiger partial charge is 0.496 e. The fourth-order valence-electron chi connectivity index (χ4n) is 3.33. The highest BCUT2D eigenvalue weighted by Crippen LogP contribution is 2.44. The summed E-state index contributed by atoms with van der Waals surface area (Å²) in [6.07, 6.45) is 2.62. The molecule has 2 heterocycles. The van der Waals surface area contributed by atoms with Crippen molar-refractivity contribution < 1.29 is 14.2 Å². The molecule has 1 aromatic heterocycles. The molecule has 6 heteroatoms. The van der Waals surface area contributed by atoms with Crippen molar-refractivity contribution in [2.45, 2.75) is 25.9 Å². The molecule has 0 fully saturated rings. The van der Waals surface area contributed by atoms with Gasteiger partial charge < -0.3 is 14.2 Å². The molecule has 0 unspecified atom stereocenters. The van der Waals surface area contributed by atoms with Crippen LogP contribution in [-0.4, -0.2) is 31.0 Å². The van der Waals surface area contributed by atoms with Crippen LogP contribution < -0.4 is 14.2 Å². The molecule has 0 aliphatic carbocycles. The van der Waals surface area contributed by atoms with Gasteiger partial charge in [-0.2, -0.15) is 0 Å². The Morgan fingerprint density at radius 2 is 1.93 bits per heavy atom. The van der Waals surface area contributed by atoms with Crippen molar-refractivity contribution in [1.29, 1.82) is 0 Å². The van der Waals surface area contributed by atoms with Crippen LogP contribution >= 0.6 is 11.3 Å². The molecule has 1 aliphatic rings. The Labute approximate surface area is 168 Å². The molecule has 2 aromatic carbocycles. The molecule has 0 spiro atoms. The zero-order chi connectivity index (χ0) is 19.7. The van der Waals surface area contributed by atoms with E-state index in [2.05, 4.69) is 29.9 Å². The van der Waals surface area contributed by atoms with Crippen LogP contribution in [0.1, 0.15) is 25.0 Å². The second-order valence-electron chi connectivity index (χ2n) is 7.22.